The van der Waals surface area contributed by atoms with Gasteiger partial charge < -0.3 is 9.47 Å². The van der Waals surface area contributed by atoms with Gasteiger partial charge in [-0.2, -0.15) is 0 Å². The van der Waals surface area contributed by atoms with Crippen LogP contribution in [0.3, 0.4) is 0 Å². The van der Waals surface area contributed by atoms with E-state index in [2.05, 4.69) is 0 Å². The van der Waals surface area contributed by atoms with Gasteiger partial charge in [-0.15, -0.1) is 0 Å². The maximum absolute atomic E-state index is 11.7. The molecule has 0 N–H and O–H groups in total. The first-order valence-corrected chi connectivity index (χ1v) is 9.76. The van der Waals surface area contributed by atoms with Gasteiger partial charge in [0.2, 0.25) is 0 Å². The highest BCUT2D eigenvalue weighted by atomic mass is 32.2. The van der Waals surface area contributed by atoms with E-state index < -0.39 is 0 Å². The third kappa shape index (κ3) is 6.10. The second kappa shape index (κ2) is 9.43. The summed E-state index contributed by atoms with van der Waals surface area (Å²) in [6, 6.07) is 0. The fourth-order valence-corrected chi connectivity index (χ4v) is 4.20. The van der Waals surface area contributed by atoms with Crippen LogP contribution < -0.4 is 0 Å². The summed E-state index contributed by atoms with van der Waals surface area (Å²) in [5, 5.41) is 0.0801. The Kier molecular flexibility index (Phi) is 7.57. The van der Waals surface area contributed by atoms with Crippen LogP contribution >= 0.6 is 23.5 Å². The predicted molar refractivity (Wildman–Crippen MR) is 90.6 cm³/mol. The van der Waals surface area contributed by atoms with E-state index in [4.69, 9.17) is 9.47 Å². The maximum atomic E-state index is 11.7. The molecular formula is C15H21NO6S2. The van der Waals surface area contributed by atoms with Gasteiger partial charge >= 0.3 is 11.9 Å². The Morgan fingerprint density at radius 1 is 0.958 bits per heavy atom. The van der Waals surface area contributed by atoms with Crippen molar-refractivity contribution in [1.82, 2.24) is 4.90 Å². The molecule has 2 atom stereocenters. The molecule has 0 amide bonds. The number of carbonyl (C=O) groups is 4. The Hall–Kier alpha value is -1.06. The molecule has 2 unspecified atom stereocenters. The summed E-state index contributed by atoms with van der Waals surface area (Å²) in [5.41, 5.74) is 0. The predicted octanol–water partition coefficient (Wildman–Crippen LogP) is 0.564. The first kappa shape index (κ1) is 19.3. The zero-order valence-corrected chi connectivity index (χ0v) is 15.2. The highest BCUT2D eigenvalue weighted by molar-refractivity contribution is 8.14. The minimum Gasteiger partial charge on any atom is -0.464 e. The Morgan fingerprint density at radius 2 is 1.38 bits per heavy atom. The summed E-state index contributed by atoms with van der Waals surface area (Å²) in [5.74, 6) is -0.272. The lowest BCUT2D eigenvalue weighted by molar-refractivity contribution is -0.149. The van der Waals surface area contributed by atoms with E-state index in [1.165, 1.54) is 23.5 Å². The van der Waals surface area contributed by atoms with Gasteiger partial charge in [-0.05, 0) is 7.05 Å². The summed E-state index contributed by atoms with van der Waals surface area (Å²) in [6.07, 6.45) is 0.522. The standard InChI is InChI=1S/C15H21NO6S2/c1-16(2-4-21-14(19)10-6-12(17)23-8-10)3-5-22-15(20)11-7-13(18)24-9-11/h10-11H,2-9H2,1H3. The zero-order chi connectivity index (χ0) is 17.5. The molecule has 24 heavy (non-hydrogen) atoms. The van der Waals surface area contributed by atoms with Crippen molar-refractivity contribution in [2.45, 2.75) is 12.8 Å². The fraction of sp³-hybridized carbons (Fsp3) is 0.733. The van der Waals surface area contributed by atoms with Crippen molar-refractivity contribution < 1.29 is 28.7 Å². The molecule has 2 saturated heterocycles. The molecular weight excluding hydrogens is 354 g/mol. The number of ether oxygens (including phenoxy) is 2. The minimum absolute atomic E-state index is 0.0400. The largest absolute Gasteiger partial charge is 0.464 e. The van der Waals surface area contributed by atoms with Gasteiger partial charge in [0.1, 0.15) is 13.2 Å². The van der Waals surface area contributed by atoms with Crippen molar-refractivity contribution in [1.29, 1.82) is 0 Å². The molecule has 0 spiro atoms. The van der Waals surface area contributed by atoms with Gasteiger partial charge in [-0.1, -0.05) is 23.5 Å². The van der Waals surface area contributed by atoms with Crippen molar-refractivity contribution in [3.05, 3.63) is 0 Å². The van der Waals surface area contributed by atoms with Crippen LogP contribution in [0.1, 0.15) is 12.8 Å². The van der Waals surface area contributed by atoms with Gasteiger partial charge in [-0.3, -0.25) is 24.1 Å². The monoisotopic (exact) mass is 375 g/mol. The van der Waals surface area contributed by atoms with Gasteiger partial charge in [-0.25, -0.2) is 0 Å². The van der Waals surface area contributed by atoms with Crippen LogP contribution in [0.2, 0.25) is 0 Å². The maximum Gasteiger partial charge on any atom is 0.310 e. The molecule has 0 aromatic rings. The SMILES string of the molecule is CN(CCOC(=O)C1CSC(=O)C1)CCOC(=O)C1CSC(=O)C1. The molecule has 134 valence electrons. The molecule has 0 aromatic carbocycles. The summed E-state index contributed by atoms with van der Waals surface area (Å²) in [6.45, 7) is 1.53. The van der Waals surface area contributed by atoms with E-state index >= 15 is 0 Å². The highest BCUT2D eigenvalue weighted by Gasteiger charge is 2.31. The van der Waals surface area contributed by atoms with Crippen LogP contribution in [0.4, 0.5) is 0 Å². The first-order valence-electron chi connectivity index (χ1n) is 7.78. The number of esters is 2. The van der Waals surface area contributed by atoms with Crippen molar-refractivity contribution >= 4 is 45.7 Å². The van der Waals surface area contributed by atoms with Crippen molar-refractivity contribution in [2.24, 2.45) is 11.8 Å². The van der Waals surface area contributed by atoms with Gasteiger partial charge in [0.25, 0.3) is 0 Å². The van der Waals surface area contributed by atoms with E-state index in [0.29, 0.717) is 24.6 Å². The van der Waals surface area contributed by atoms with Crippen LogP contribution in [-0.2, 0) is 28.7 Å². The number of rotatable bonds is 8. The van der Waals surface area contributed by atoms with E-state index in [1.807, 2.05) is 11.9 Å². The second-order valence-corrected chi connectivity index (χ2v) is 7.96. The van der Waals surface area contributed by atoms with Gasteiger partial charge in [0, 0.05) is 37.4 Å². The molecule has 2 heterocycles. The number of thioether (sulfide) groups is 2. The van der Waals surface area contributed by atoms with E-state index in [9.17, 15) is 19.2 Å². The lowest BCUT2D eigenvalue weighted by Gasteiger charge is -2.17. The topological polar surface area (TPSA) is 90.0 Å². The van der Waals surface area contributed by atoms with Crippen molar-refractivity contribution in [3.63, 3.8) is 0 Å². The molecule has 2 rings (SSSR count). The minimum atomic E-state index is -0.323. The number of likely N-dealkylation sites (N-methyl/N-ethyl adjacent to an activating group) is 1. The summed E-state index contributed by atoms with van der Waals surface area (Å²) < 4.78 is 10.3. The van der Waals surface area contributed by atoms with E-state index in [0.717, 1.165) is 0 Å². The van der Waals surface area contributed by atoms with Crippen LogP contribution in [0.25, 0.3) is 0 Å². The molecule has 0 aliphatic carbocycles. The van der Waals surface area contributed by atoms with Crippen LogP contribution in [0, 0.1) is 11.8 Å². The summed E-state index contributed by atoms with van der Waals surface area (Å²) in [4.78, 5) is 47.6. The number of hydrogen-bond acceptors (Lipinski definition) is 9. The first-order chi connectivity index (χ1) is 11.5. The van der Waals surface area contributed by atoms with Crippen molar-refractivity contribution in [2.75, 3.05) is 44.9 Å². The molecule has 9 heteroatoms. The Morgan fingerprint density at radius 3 is 1.71 bits per heavy atom. The summed E-state index contributed by atoms with van der Waals surface area (Å²) in [7, 11) is 1.84. The molecule has 2 fully saturated rings. The molecule has 0 bridgehead atoms. The van der Waals surface area contributed by atoms with Crippen LogP contribution in [0.15, 0.2) is 0 Å². The average molecular weight is 375 g/mol. The third-order valence-electron chi connectivity index (χ3n) is 3.82. The molecule has 2 aliphatic heterocycles. The lowest BCUT2D eigenvalue weighted by Crippen LogP contribution is -2.30. The molecule has 0 saturated carbocycles. The van der Waals surface area contributed by atoms with Gasteiger partial charge in [0.15, 0.2) is 10.2 Å². The number of nitrogens with zero attached hydrogens (tertiary/aromatic N) is 1. The number of carbonyl (C=O) groups excluding carboxylic acids is 4. The van der Waals surface area contributed by atoms with Crippen molar-refractivity contribution in [3.8, 4) is 0 Å². The third-order valence-corrected chi connectivity index (χ3v) is 5.93. The fourth-order valence-electron chi connectivity index (χ4n) is 2.28. The molecule has 7 nitrogen and oxygen atoms in total. The zero-order valence-electron chi connectivity index (χ0n) is 13.5. The number of hydrogen-bond donors (Lipinski definition) is 0. The van der Waals surface area contributed by atoms with E-state index in [1.54, 1.807) is 0 Å². The van der Waals surface area contributed by atoms with Crippen LogP contribution in [-0.4, -0.2) is 71.9 Å². The average Bonchev–Trinajstić information content (AvgIpc) is 3.15. The van der Waals surface area contributed by atoms with Gasteiger partial charge in [0.05, 0.1) is 11.8 Å². The summed E-state index contributed by atoms with van der Waals surface area (Å²) >= 11 is 2.35. The normalized spacial score (nSPS) is 23.8. The van der Waals surface area contributed by atoms with Crippen LogP contribution in [0.5, 0.6) is 0 Å². The van der Waals surface area contributed by atoms with E-state index in [-0.39, 0.29) is 60.1 Å². The molecule has 0 radical (unpaired) electrons. The lowest BCUT2D eigenvalue weighted by atomic mass is 10.1. The quantitative estimate of drug-likeness (QED) is 0.565. The Bertz CT molecular complexity index is 468. The smallest absolute Gasteiger partial charge is 0.310 e. The second-order valence-electron chi connectivity index (χ2n) is 5.81. The Labute approximate surface area is 149 Å². The molecule has 0 aromatic heterocycles. The molecule has 2 aliphatic rings. The highest BCUT2D eigenvalue weighted by Crippen LogP contribution is 2.26. The Balaban J connectivity index is 1.52.